The Morgan fingerprint density at radius 3 is 2.75 bits per heavy atom. The van der Waals surface area contributed by atoms with Gasteiger partial charge in [-0.1, -0.05) is 11.6 Å². The topological polar surface area (TPSA) is 84.6 Å². The maximum Gasteiger partial charge on any atom is 0.410 e. The Balaban J connectivity index is 1.61. The molecule has 4 rings (SSSR count). The van der Waals surface area contributed by atoms with Crippen molar-refractivity contribution in [1.29, 1.82) is 0 Å². The van der Waals surface area contributed by atoms with Gasteiger partial charge in [0.25, 0.3) is 0 Å². The van der Waals surface area contributed by atoms with Crippen LogP contribution in [0, 0.1) is 6.92 Å². The Hall–Kier alpha value is -2.61. The van der Waals surface area contributed by atoms with Crippen molar-refractivity contribution < 1.29 is 13.9 Å². The number of likely N-dealkylation sites (N-methyl/N-ethyl adjacent to an activating group) is 1. The zero-order valence-electron chi connectivity index (χ0n) is 16.5. The first-order valence-corrected chi connectivity index (χ1v) is 9.43. The van der Waals surface area contributed by atoms with E-state index in [9.17, 15) is 4.79 Å². The van der Waals surface area contributed by atoms with Crippen LogP contribution >= 0.6 is 11.6 Å². The molecule has 1 saturated heterocycles. The number of fused-ring (bicyclic) bond motifs is 3. The standard InChI is InChI=1S/C19H22ClN5O3/c1-10-22-14-15(27-10)13-6-11(20)7-21-16(13)23-17(14)25-8-12(9-25)24(5)18(26)28-19(2,3)4/h6-7,12H,8-9H2,1-5H3. The molecule has 0 atom stereocenters. The summed E-state index contributed by atoms with van der Waals surface area (Å²) in [6.07, 6.45) is 1.23. The van der Waals surface area contributed by atoms with E-state index in [2.05, 4.69) is 19.9 Å². The number of amides is 1. The summed E-state index contributed by atoms with van der Waals surface area (Å²) in [6.45, 7) is 8.61. The van der Waals surface area contributed by atoms with Crippen molar-refractivity contribution in [2.24, 2.45) is 0 Å². The summed E-state index contributed by atoms with van der Waals surface area (Å²) < 4.78 is 11.2. The van der Waals surface area contributed by atoms with Gasteiger partial charge in [0.05, 0.1) is 16.5 Å². The highest BCUT2D eigenvalue weighted by Gasteiger charge is 2.36. The molecule has 1 aliphatic heterocycles. The number of halogens is 1. The summed E-state index contributed by atoms with van der Waals surface area (Å²) in [7, 11) is 1.75. The molecule has 0 N–H and O–H groups in total. The van der Waals surface area contributed by atoms with E-state index in [1.165, 1.54) is 0 Å². The summed E-state index contributed by atoms with van der Waals surface area (Å²) in [5.41, 5.74) is 1.32. The smallest absolute Gasteiger partial charge is 0.410 e. The first-order chi connectivity index (χ1) is 13.1. The molecule has 0 saturated carbocycles. The molecule has 3 aromatic rings. The van der Waals surface area contributed by atoms with Crippen LogP contribution in [-0.4, -0.2) is 57.7 Å². The van der Waals surface area contributed by atoms with E-state index >= 15 is 0 Å². The van der Waals surface area contributed by atoms with E-state index in [-0.39, 0.29) is 12.1 Å². The van der Waals surface area contributed by atoms with E-state index in [1.807, 2.05) is 20.8 Å². The lowest BCUT2D eigenvalue weighted by Gasteiger charge is -2.44. The van der Waals surface area contributed by atoms with E-state index < -0.39 is 5.60 Å². The van der Waals surface area contributed by atoms with Gasteiger partial charge in [0.15, 0.2) is 28.5 Å². The molecule has 1 fully saturated rings. The molecule has 0 bridgehead atoms. The number of anilines is 1. The average molecular weight is 404 g/mol. The molecule has 0 aliphatic carbocycles. The third-order valence-electron chi connectivity index (χ3n) is 4.63. The highest BCUT2D eigenvalue weighted by atomic mass is 35.5. The predicted octanol–water partition coefficient (Wildman–Crippen LogP) is 3.79. The lowest BCUT2D eigenvalue weighted by atomic mass is 10.1. The molecule has 28 heavy (non-hydrogen) atoms. The van der Waals surface area contributed by atoms with E-state index in [0.29, 0.717) is 46.6 Å². The normalized spacial score (nSPS) is 15.1. The first-order valence-electron chi connectivity index (χ1n) is 9.05. The van der Waals surface area contributed by atoms with Gasteiger partial charge in [-0.2, -0.15) is 0 Å². The van der Waals surface area contributed by atoms with E-state index in [4.69, 9.17) is 20.8 Å². The number of carbonyl (C=O) groups is 1. The van der Waals surface area contributed by atoms with Gasteiger partial charge in [0.2, 0.25) is 0 Å². The Bertz CT molecular complexity index is 1070. The fraction of sp³-hybridized carbons (Fsp3) is 0.474. The molecule has 0 radical (unpaired) electrons. The second-order valence-electron chi connectivity index (χ2n) is 8.02. The van der Waals surface area contributed by atoms with Gasteiger partial charge < -0.3 is 19.0 Å². The van der Waals surface area contributed by atoms with Crippen LogP contribution in [0.25, 0.3) is 22.1 Å². The highest BCUT2D eigenvalue weighted by molar-refractivity contribution is 6.31. The number of aryl methyl sites for hydroxylation is 1. The van der Waals surface area contributed by atoms with Crippen molar-refractivity contribution in [2.45, 2.75) is 39.3 Å². The number of pyridine rings is 2. The monoisotopic (exact) mass is 403 g/mol. The molecule has 148 valence electrons. The number of hydrogen-bond donors (Lipinski definition) is 0. The fourth-order valence-electron chi connectivity index (χ4n) is 3.18. The van der Waals surface area contributed by atoms with Crippen molar-refractivity contribution in [1.82, 2.24) is 19.9 Å². The largest absolute Gasteiger partial charge is 0.444 e. The van der Waals surface area contributed by atoms with E-state index in [0.717, 1.165) is 5.39 Å². The summed E-state index contributed by atoms with van der Waals surface area (Å²) >= 11 is 6.08. The second kappa shape index (κ2) is 6.48. The maximum absolute atomic E-state index is 12.3. The molecule has 8 nitrogen and oxygen atoms in total. The minimum Gasteiger partial charge on any atom is -0.444 e. The number of oxazole rings is 1. The molecule has 3 aromatic heterocycles. The van der Waals surface area contributed by atoms with Crippen LogP contribution in [0.2, 0.25) is 5.02 Å². The zero-order valence-corrected chi connectivity index (χ0v) is 17.2. The predicted molar refractivity (Wildman–Crippen MR) is 107 cm³/mol. The van der Waals surface area contributed by atoms with Crippen molar-refractivity contribution >= 4 is 45.6 Å². The molecular formula is C19H22ClN5O3. The van der Waals surface area contributed by atoms with Crippen molar-refractivity contribution in [3.05, 3.63) is 23.2 Å². The van der Waals surface area contributed by atoms with Gasteiger partial charge in [-0.25, -0.2) is 19.7 Å². The van der Waals surface area contributed by atoms with Crippen LogP contribution in [0.5, 0.6) is 0 Å². The summed E-state index contributed by atoms with van der Waals surface area (Å²) in [5.74, 6) is 1.25. The van der Waals surface area contributed by atoms with Crippen LogP contribution in [-0.2, 0) is 4.74 Å². The van der Waals surface area contributed by atoms with Crippen LogP contribution in [0.1, 0.15) is 26.7 Å². The third-order valence-corrected chi connectivity index (χ3v) is 4.83. The number of aromatic nitrogens is 3. The van der Waals surface area contributed by atoms with Crippen LogP contribution in [0.4, 0.5) is 10.6 Å². The van der Waals surface area contributed by atoms with Crippen molar-refractivity contribution in [3.63, 3.8) is 0 Å². The number of nitrogens with zero attached hydrogens (tertiary/aromatic N) is 5. The van der Waals surface area contributed by atoms with Gasteiger partial charge in [-0.15, -0.1) is 0 Å². The molecule has 4 heterocycles. The van der Waals surface area contributed by atoms with E-state index in [1.54, 1.807) is 31.1 Å². The Labute approximate surface area is 167 Å². The van der Waals surface area contributed by atoms with Gasteiger partial charge in [0.1, 0.15) is 5.60 Å². The second-order valence-corrected chi connectivity index (χ2v) is 8.46. The molecular weight excluding hydrogens is 382 g/mol. The molecule has 0 unspecified atom stereocenters. The molecule has 1 amide bonds. The number of ether oxygens (including phenoxy) is 1. The minimum absolute atomic E-state index is 0.0357. The molecule has 1 aliphatic rings. The SMILES string of the molecule is Cc1nc2c(N3CC(N(C)C(=O)OC(C)(C)C)C3)nc3ncc(Cl)cc3c2o1. The highest BCUT2D eigenvalue weighted by Crippen LogP contribution is 2.34. The lowest BCUT2D eigenvalue weighted by molar-refractivity contribution is 0.0197. The minimum atomic E-state index is -0.522. The van der Waals surface area contributed by atoms with Crippen molar-refractivity contribution in [2.75, 3.05) is 25.0 Å². The first kappa shape index (κ1) is 18.7. The van der Waals surface area contributed by atoms with Gasteiger partial charge >= 0.3 is 6.09 Å². The van der Waals surface area contributed by atoms with Crippen LogP contribution < -0.4 is 4.90 Å². The average Bonchev–Trinajstić information content (AvgIpc) is 2.94. The zero-order chi connectivity index (χ0) is 20.2. The molecule has 0 spiro atoms. The fourth-order valence-corrected chi connectivity index (χ4v) is 3.34. The quantitative estimate of drug-likeness (QED) is 0.643. The lowest BCUT2D eigenvalue weighted by Crippen LogP contribution is -2.60. The number of carbonyl (C=O) groups excluding carboxylic acids is 1. The maximum atomic E-state index is 12.3. The van der Waals surface area contributed by atoms with Crippen molar-refractivity contribution in [3.8, 4) is 0 Å². The number of rotatable bonds is 2. The Morgan fingerprint density at radius 2 is 2.07 bits per heavy atom. The Morgan fingerprint density at radius 1 is 1.36 bits per heavy atom. The molecule has 0 aromatic carbocycles. The van der Waals surface area contributed by atoms with Gasteiger partial charge in [-0.05, 0) is 26.8 Å². The van der Waals surface area contributed by atoms with Crippen LogP contribution in [0.3, 0.4) is 0 Å². The Kier molecular flexibility index (Phi) is 4.33. The third kappa shape index (κ3) is 3.32. The summed E-state index contributed by atoms with van der Waals surface area (Å²) in [5, 5.41) is 1.25. The summed E-state index contributed by atoms with van der Waals surface area (Å²) in [4.78, 5) is 29.5. The van der Waals surface area contributed by atoms with Gasteiger partial charge in [0, 0.05) is 33.3 Å². The number of hydrogen-bond acceptors (Lipinski definition) is 7. The van der Waals surface area contributed by atoms with Crippen LogP contribution in [0.15, 0.2) is 16.7 Å². The summed E-state index contributed by atoms with van der Waals surface area (Å²) in [6, 6.07) is 1.82. The molecule has 9 heteroatoms. The van der Waals surface area contributed by atoms with Gasteiger partial charge in [-0.3, -0.25) is 0 Å².